The first-order valence-electron chi connectivity index (χ1n) is 7.55. The Kier molecular flexibility index (Phi) is 3.69. The van der Waals surface area contributed by atoms with Crippen LogP contribution in [-0.4, -0.2) is 66.5 Å². The van der Waals surface area contributed by atoms with Gasteiger partial charge in [-0.15, -0.1) is 0 Å². The van der Waals surface area contributed by atoms with Crippen molar-refractivity contribution >= 4 is 11.8 Å². The lowest BCUT2D eigenvalue weighted by atomic mass is 9.89. The fourth-order valence-corrected chi connectivity index (χ4v) is 2.98. The zero-order chi connectivity index (χ0) is 14.2. The lowest BCUT2D eigenvalue weighted by molar-refractivity contribution is -0.146. The van der Waals surface area contributed by atoms with E-state index in [2.05, 4.69) is 0 Å². The topological polar surface area (TPSA) is 75.9 Å². The van der Waals surface area contributed by atoms with Crippen molar-refractivity contribution in [1.82, 2.24) is 9.80 Å². The van der Waals surface area contributed by atoms with E-state index in [1.165, 1.54) is 0 Å². The molecule has 112 valence electrons. The first-order valence-corrected chi connectivity index (χ1v) is 7.55. The molecule has 3 aliphatic rings. The number of hydrogen-bond donors (Lipinski definition) is 1. The molecule has 6 nitrogen and oxygen atoms in total. The Hall–Kier alpha value is -1.14. The van der Waals surface area contributed by atoms with Crippen molar-refractivity contribution in [3.05, 3.63) is 0 Å². The molecule has 2 aliphatic heterocycles. The molecule has 3 rings (SSSR count). The Morgan fingerprint density at radius 1 is 1.00 bits per heavy atom. The molecule has 0 aromatic heterocycles. The van der Waals surface area contributed by atoms with Gasteiger partial charge in [0.1, 0.15) is 0 Å². The van der Waals surface area contributed by atoms with Gasteiger partial charge in [-0.1, -0.05) is 0 Å². The SMILES string of the molecule is NC1(C(=O)N2CCN(C(=O)C3CC3)CC2)CCOCC1. The molecule has 2 saturated heterocycles. The minimum Gasteiger partial charge on any atom is -0.381 e. The predicted octanol–water partition coefficient (Wildman–Crippen LogP) is -0.425. The molecule has 0 unspecified atom stereocenters. The Morgan fingerprint density at radius 2 is 1.55 bits per heavy atom. The Labute approximate surface area is 119 Å². The fourth-order valence-electron chi connectivity index (χ4n) is 2.98. The van der Waals surface area contributed by atoms with E-state index in [1.807, 2.05) is 9.80 Å². The second-order valence-electron chi connectivity index (χ2n) is 6.16. The summed E-state index contributed by atoms with van der Waals surface area (Å²) in [7, 11) is 0. The molecule has 0 spiro atoms. The van der Waals surface area contributed by atoms with Crippen molar-refractivity contribution in [3.63, 3.8) is 0 Å². The normalized spacial score (nSPS) is 26.4. The maximum atomic E-state index is 12.5. The predicted molar refractivity (Wildman–Crippen MR) is 72.9 cm³/mol. The third-order valence-electron chi connectivity index (χ3n) is 4.62. The number of piperazine rings is 1. The van der Waals surface area contributed by atoms with E-state index in [0.29, 0.717) is 52.2 Å². The van der Waals surface area contributed by atoms with Crippen LogP contribution in [-0.2, 0) is 14.3 Å². The number of amides is 2. The molecule has 1 aliphatic carbocycles. The molecule has 2 N–H and O–H groups in total. The van der Waals surface area contributed by atoms with Crippen LogP contribution in [0.25, 0.3) is 0 Å². The lowest BCUT2D eigenvalue weighted by Gasteiger charge is -2.41. The molecule has 0 aromatic rings. The molecule has 0 bridgehead atoms. The van der Waals surface area contributed by atoms with Crippen LogP contribution in [0.2, 0.25) is 0 Å². The van der Waals surface area contributed by atoms with Crippen molar-refractivity contribution < 1.29 is 14.3 Å². The third kappa shape index (κ3) is 2.67. The van der Waals surface area contributed by atoms with E-state index in [1.54, 1.807) is 0 Å². The highest BCUT2D eigenvalue weighted by Crippen LogP contribution is 2.31. The van der Waals surface area contributed by atoms with Crippen LogP contribution in [0.5, 0.6) is 0 Å². The molecule has 2 heterocycles. The van der Waals surface area contributed by atoms with Gasteiger partial charge in [-0.05, 0) is 25.7 Å². The lowest BCUT2D eigenvalue weighted by Crippen LogP contribution is -2.61. The van der Waals surface area contributed by atoms with Crippen LogP contribution in [0.1, 0.15) is 25.7 Å². The van der Waals surface area contributed by atoms with Crippen molar-refractivity contribution in [2.45, 2.75) is 31.2 Å². The molecule has 6 heteroatoms. The molecule has 1 saturated carbocycles. The largest absolute Gasteiger partial charge is 0.381 e. The first-order chi connectivity index (χ1) is 9.60. The summed E-state index contributed by atoms with van der Waals surface area (Å²) >= 11 is 0. The number of ether oxygens (including phenoxy) is 1. The molecule has 0 atom stereocenters. The number of carbonyl (C=O) groups excluding carboxylic acids is 2. The van der Waals surface area contributed by atoms with E-state index in [9.17, 15) is 9.59 Å². The van der Waals surface area contributed by atoms with Crippen LogP contribution in [0.15, 0.2) is 0 Å². The average Bonchev–Trinajstić information content (AvgIpc) is 3.31. The highest BCUT2D eigenvalue weighted by molar-refractivity contribution is 5.87. The number of nitrogens with two attached hydrogens (primary N) is 1. The van der Waals surface area contributed by atoms with Crippen LogP contribution < -0.4 is 5.73 Å². The van der Waals surface area contributed by atoms with Gasteiger partial charge in [0.15, 0.2) is 0 Å². The number of carbonyl (C=O) groups is 2. The second-order valence-corrected chi connectivity index (χ2v) is 6.16. The molecular weight excluding hydrogens is 258 g/mol. The van der Waals surface area contributed by atoms with Crippen molar-refractivity contribution in [2.75, 3.05) is 39.4 Å². The van der Waals surface area contributed by atoms with Crippen LogP contribution in [0, 0.1) is 5.92 Å². The second kappa shape index (κ2) is 5.33. The average molecular weight is 281 g/mol. The van der Waals surface area contributed by atoms with E-state index >= 15 is 0 Å². The number of hydrogen-bond acceptors (Lipinski definition) is 4. The summed E-state index contributed by atoms with van der Waals surface area (Å²) in [5.41, 5.74) is 5.47. The summed E-state index contributed by atoms with van der Waals surface area (Å²) in [6.07, 6.45) is 3.24. The summed E-state index contributed by atoms with van der Waals surface area (Å²) < 4.78 is 5.28. The molecule has 0 aromatic carbocycles. The van der Waals surface area contributed by atoms with Gasteiger partial charge >= 0.3 is 0 Å². The summed E-state index contributed by atoms with van der Waals surface area (Å²) in [5.74, 6) is 0.554. The zero-order valence-electron chi connectivity index (χ0n) is 11.8. The highest BCUT2D eigenvalue weighted by atomic mass is 16.5. The maximum Gasteiger partial charge on any atom is 0.242 e. The summed E-state index contributed by atoms with van der Waals surface area (Å²) in [6.45, 7) is 3.63. The van der Waals surface area contributed by atoms with Gasteiger partial charge in [-0.3, -0.25) is 9.59 Å². The minimum absolute atomic E-state index is 0.0271. The van der Waals surface area contributed by atoms with Gasteiger partial charge < -0.3 is 20.3 Å². The summed E-state index contributed by atoms with van der Waals surface area (Å²) in [4.78, 5) is 28.2. The van der Waals surface area contributed by atoms with E-state index in [4.69, 9.17) is 10.5 Å². The van der Waals surface area contributed by atoms with Gasteiger partial charge in [0.25, 0.3) is 0 Å². The van der Waals surface area contributed by atoms with E-state index in [-0.39, 0.29) is 17.7 Å². The van der Waals surface area contributed by atoms with E-state index in [0.717, 1.165) is 12.8 Å². The standard InChI is InChI=1S/C14H23N3O3/c15-14(3-9-20-10-4-14)13(19)17-7-5-16(6-8-17)12(18)11-1-2-11/h11H,1-10,15H2. The van der Waals surface area contributed by atoms with Crippen LogP contribution in [0.4, 0.5) is 0 Å². The maximum absolute atomic E-state index is 12.5. The smallest absolute Gasteiger partial charge is 0.242 e. The Balaban J connectivity index is 1.54. The molecule has 2 amide bonds. The van der Waals surface area contributed by atoms with Gasteiger partial charge in [0.2, 0.25) is 11.8 Å². The van der Waals surface area contributed by atoms with Gasteiger partial charge in [0.05, 0.1) is 5.54 Å². The number of rotatable bonds is 2. The first kappa shape index (κ1) is 13.8. The van der Waals surface area contributed by atoms with Crippen LogP contribution in [0.3, 0.4) is 0 Å². The fraction of sp³-hybridized carbons (Fsp3) is 0.857. The van der Waals surface area contributed by atoms with Crippen molar-refractivity contribution in [1.29, 1.82) is 0 Å². The Morgan fingerprint density at radius 3 is 2.10 bits per heavy atom. The molecule has 20 heavy (non-hydrogen) atoms. The highest BCUT2D eigenvalue weighted by Gasteiger charge is 2.41. The van der Waals surface area contributed by atoms with E-state index < -0.39 is 5.54 Å². The van der Waals surface area contributed by atoms with Gasteiger partial charge in [-0.25, -0.2) is 0 Å². The van der Waals surface area contributed by atoms with Crippen molar-refractivity contribution in [3.8, 4) is 0 Å². The van der Waals surface area contributed by atoms with Gasteiger partial charge in [0, 0.05) is 45.3 Å². The zero-order valence-corrected chi connectivity index (χ0v) is 11.8. The van der Waals surface area contributed by atoms with Crippen LogP contribution >= 0.6 is 0 Å². The number of nitrogens with zero attached hydrogens (tertiary/aromatic N) is 2. The molecule has 0 radical (unpaired) electrons. The minimum atomic E-state index is -0.763. The quantitative estimate of drug-likeness (QED) is 0.745. The Bertz CT molecular complexity index is 394. The van der Waals surface area contributed by atoms with Gasteiger partial charge in [-0.2, -0.15) is 0 Å². The molecular formula is C14H23N3O3. The summed E-state index contributed by atoms with van der Waals surface area (Å²) in [5, 5.41) is 0. The van der Waals surface area contributed by atoms with Crippen molar-refractivity contribution in [2.24, 2.45) is 11.7 Å². The monoisotopic (exact) mass is 281 g/mol. The molecule has 3 fully saturated rings. The third-order valence-corrected chi connectivity index (χ3v) is 4.62. The summed E-state index contributed by atoms with van der Waals surface area (Å²) in [6, 6.07) is 0.